The topological polar surface area (TPSA) is 114 Å². The van der Waals surface area contributed by atoms with Crippen LogP contribution in [0.15, 0.2) is 30.6 Å². The summed E-state index contributed by atoms with van der Waals surface area (Å²) in [5.74, 6) is 0.534. The first-order valence-electron chi connectivity index (χ1n) is 9.55. The maximum absolute atomic E-state index is 12.4. The van der Waals surface area contributed by atoms with Crippen molar-refractivity contribution >= 4 is 11.7 Å². The number of nitrogens with one attached hydrogen (secondary N) is 2. The number of hydrogen-bond acceptors (Lipinski definition) is 7. The van der Waals surface area contributed by atoms with Gasteiger partial charge in [0.2, 0.25) is 0 Å². The molecule has 0 saturated carbocycles. The normalized spacial score (nSPS) is 17.9. The summed E-state index contributed by atoms with van der Waals surface area (Å²) < 4.78 is 7.32. The Balaban J connectivity index is 1.69. The van der Waals surface area contributed by atoms with Gasteiger partial charge in [0.1, 0.15) is 5.69 Å². The summed E-state index contributed by atoms with van der Waals surface area (Å²) in [4.78, 5) is 14.6. The standard InChI is InChI=1S/C19H24N8O2/c1-12-11-29-9-8-27(12)17-10-14(16-5-7-21-26(16)3)18(25-24-17)13(2)22-19(28)15-4-6-20-23-15/h4-7,10,12-13H,8-9,11H2,1-3H3,(H,20,23)(H,22,28)/t12-,13?/m1/s1. The summed E-state index contributed by atoms with van der Waals surface area (Å²) in [6.45, 7) is 6.06. The Labute approximate surface area is 168 Å². The van der Waals surface area contributed by atoms with Gasteiger partial charge in [-0.05, 0) is 32.0 Å². The zero-order valence-corrected chi connectivity index (χ0v) is 16.7. The number of hydrogen-bond donors (Lipinski definition) is 2. The number of aromatic amines is 1. The van der Waals surface area contributed by atoms with Crippen molar-refractivity contribution in [3.05, 3.63) is 42.0 Å². The molecule has 10 nitrogen and oxygen atoms in total. The molecular weight excluding hydrogens is 372 g/mol. The molecule has 1 saturated heterocycles. The van der Waals surface area contributed by atoms with Gasteiger partial charge in [0.05, 0.1) is 36.7 Å². The van der Waals surface area contributed by atoms with Crippen molar-refractivity contribution in [1.82, 2.24) is 35.5 Å². The predicted octanol–water partition coefficient (Wildman–Crippen LogP) is 1.32. The molecule has 0 aromatic carbocycles. The molecule has 2 atom stereocenters. The molecule has 0 spiro atoms. The Bertz CT molecular complexity index is 984. The lowest BCUT2D eigenvalue weighted by molar-refractivity contribution is 0.0933. The van der Waals surface area contributed by atoms with Crippen LogP contribution in [0.3, 0.4) is 0 Å². The summed E-state index contributed by atoms with van der Waals surface area (Å²) in [5, 5.41) is 22.7. The lowest BCUT2D eigenvalue weighted by Crippen LogP contribution is -2.44. The van der Waals surface area contributed by atoms with E-state index in [9.17, 15) is 4.79 Å². The molecule has 3 aromatic heterocycles. The van der Waals surface area contributed by atoms with Gasteiger partial charge in [-0.2, -0.15) is 15.3 Å². The van der Waals surface area contributed by atoms with Gasteiger partial charge in [0.25, 0.3) is 5.91 Å². The number of anilines is 1. The van der Waals surface area contributed by atoms with E-state index in [0.29, 0.717) is 24.6 Å². The van der Waals surface area contributed by atoms with Crippen LogP contribution in [-0.2, 0) is 11.8 Å². The fourth-order valence-electron chi connectivity index (χ4n) is 3.49. The molecule has 10 heteroatoms. The second-order valence-electron chi connectivity index (χ2n) is 7.12. The van der Waals surface area contributed by atoms with Gasteiger partial charge < -0.3 is 15.0 Å². The van der Waals surface area contributed by atoms with Gasteiger partial charge in [0, 0.05) is 31.5 Å². The van der Waals surface area contributed by atoms with Crippen molar-refractivity contribution in [3.8, 4) is 11.3 Å². The number of carbonyl (C=O) groups excluding carboxylic acids is 1. The third kappa shape index (κ3) is 3.83. The van der Waals surface area contributed by atoms with Crippen molar-refractivity contribution in [2.45, 2.75) is 25.9 Å². The molecule has 1 aliphatic rings. The highest BCUT2D eigenvalue weighted by molar-refractivity contribution is 5.92. The summed E-state index contributed by atoms with van der Waals surface area (Å²) in [7, 11) is 1.88. The number of rotatable bonds is 5. The third-order valence-corrected chi connectivity index (χ3v) is 5.07. The number of amides is 1. The second kappa shape index (κ2) is 8.00. The Morgan fingerprint density at radius 1 is 1.34 bits per heavy atom. The summed E-state index contributed by atoms with van der Waals surface area (Å²) >= 11 is 0. The second-order valence-corrected chi connectivity index (χ2v) is 7.12. The van der Waals surface area contributed by atoms with Crippen molar-refractivity contribution in [2.24, 2.45) is 7.05 Å². The first-order valence-corrected chi connectivity index (χ1v) is 9.55. The van der Waals surface area contributed by atoms with Crippen molar-refractivity contribution in [2.75, 3.05) is 24.7 Å². The molecule has 2 N–H and O–H groups in total. The van der Waals surface area contributed by atoms with Crippen LogP contribution in [0.5, 0.6) is 0 Å². The Morgan fingerprint density at radius 2 is 2.21 bits per heavy atom. The van der Waals surface area contributed by atoms with E-state index in [1.54, 1.807) is 23.1 Å². The molecular formula is C19H24N8O2. The molecule has 1 fully saturated rings. The SMILES string of the molecule is CC(NC(=O)c1ccn[nH]1)c1nnc(N2CCOC[C@H]2C)cc1-c1ccnn1C. The molecule has 29 heavy (non-hydrogen) atoms. The van der Waals surface area contributed by atoms with Gasteiger partial charge in [-0.15, -0.1) is 5.10 Å². The van der Waals surface area contributed by atoms with E-state index in [1.807, 2.05) is 26.1 Å². The number of morpholine rings is 1. The first kappa shape index (κ1) is 19.1. The largest absolute Gasteiger partial charge is 0.377 e. The molecule has 4 heterocycles. The van der Waals surface area contributed by atoms with E-state index < -0.39 is 0 Å². The minimum Gasteiger partial charge on any atom is -0.377 e. The molecule has 1 amide bonds. The van der Waals surface area contributed by atoms with Crippen LogP contribution in [0.1, 0.15) is 36.1 Å². The van der Waals surface area contributed by atoms with Crippen LogP contribution < -0.4 is 10.2 Å². The van der Waals surface area contributed by atoms with Crippen LogP contribution in [0.25, 0.3) is 11.3 Å². The molecule has 1 aliphatic heterocycles. The van der Waals surface area contributed by atoms with E-state index in [1.165, 1.54) is 0 Å². The van der Waals surface area contributed by atoms with Crippen LogP contribution in [0, 0.1) is 0 Å². The van der Waals surface area contributed by atoms with Crippen molar-refractivity contribution in [1.29, 1.82) is 0 Å². The molecule has 3 aromatic rings. The smallest absolute Gasteiger partial charge is 0.269 e. The van der Waals surface area contributed by atoms with Gasteiger partial charge in [-0.1, -0.05) is 0 Å². The Hall–Kier alpha value is -3.27. The number of nitrogens with zero attached hydrogens (tertiary/aromatic N) is 6. The number of ether oxygens (including phenoxy) is 1. The summed E-state index contributed by atoms with van der Waals surface area (Å²) in [6, 6.07) is 5.41. The zero-order valence-electron chi connectivity index (χ0n) is 16.7. The summed E-state index contributed by atoms with van der Waals surface area (Å²) in [5.41, 5.74) is 2.85. The predicted molar refractivity (Wildman–Crippen MR) is 106 cm³/mol. The van der Waals surface area contributed by atoms with Crippen LogP contribution in [0.4, 0.5) is 5.82 Å². The Morgan fingerprint density at radius 3 is 2.90 bits per heavy atom. The average Bonchev–Trinajstić information content (AvgIpc) is 3.40. The molecule has 1 unspecified atom stereocenters. The van der Waals surface area contributed by atoms with Gasteiger partial charge >= 0.3 is 0 Å². The van der Waals surface area contributed by atoms with Crippen LogP contribution in [-0.4, -0.2) is 61.9 Å². The van der Waals surface area contributed by atoms with E-state index in [-0.39, 0.29) is 18.0 Å². The quantitative estimate of drug-likeness (QED) is 0.668. The van der Waals surface area contributed by atoms with Crippen molar-refractivity contribution in [3.63, 3.8) is 0 Å². The monoisotopic (exact) mass is 396 g/mol. The zero-order chi connectivity index (χ0) is 20.4. The molecule has 0 radical (unpaired) electrons. The maximum atomic E-state index is 12.4. The molecule has 0 bridgehead atoms. The molecule has 152 valence electrons. The number of H-pyrrole nitrogens is 1. The number of aryl methyl sites for hydroxylation is 1. The average molecular weight is 396 g/mol. The van der Waals surface area contributed by atoms with Crippen molar-refractivity contribution < 1.29 is 9.53 Å². The minimum absolute atomic E-state index is 0.209. The fraction of sp³-hybridized carbons (Fsp3) is 0.421. The number of aromatic nitrogens is 6. The summed E-state index contributed by atoms with van der Waals surface area (Å²) in [6.07, 6.45) is 3.28. The first-order chi connectivity index (χ1) is 14.0. The van der Waals surface area contributed by atoms with Gasteiger partial charge in [-0.3, -0.25) is 14.6 Å². The van der Waals surface area contributed by atoms with Crippen LogP contribution in [0.2, 0.25) is 0 Å². The molecule has 0 aliphatic carbocycles. The van der Waals surface area contributed by atoms with Crippen LogP contribution >= 0.6 is 0 Å². The van der Waals surface area contributed by atoms with E-state index in [2.05, 4.69) is 42.6 Å². The highest BCUT2D eigenvalue weighted by Gasteiger charge is 2.25. The minimum atomic E-state index is -0.362. The van der Waals surface area contributed by atoms with Gasteiger partial charge in [-0.25, -0.2) is 0 Å². The Kier molecular flexibility index (Phi) is 5.26. The highest BCUT2D eigenvalue weighted by atomic mass is 16.5. The van der Waals surface area contributed by atoms with Gasteiger partial charge in [0.15, 0.2) is 5.82 Å². The van der Waals surface area contributed by atoms with E-state index in [0.717, 1.165) is 23.6 Å². The maximum Gasteiger partial charge on any atom is 0.269 e. The molecule has 4 rings (SSSR count). The third-order valence-electron chi connectivity index (χ3n) is 5.07. The van der Waals surface area contributed by atoms with E-state index in [4.69, 9.17) is 4.74 Å². The lowest BCUT2D eigenvalue weighted by atomic mass is 10.1. The highest BCUT2D eigenvalue weighted by Crippen LogP contribution is 2.30. The van der Waals surface area contributed by atoms with E-state index >= 15 is 0 Å². The number of carbonyl (C=O) groups is 1. The lowest BCUT2D eigenvalue weighted by Gasteiger charge is -2.34. The fourth-order valence-corrected chi connectivity index (χ4v) is 3.49.